The lowest BCUT2D eigenvalue weighted by atomic mass is 9.83. The average molecular weight is 257 g/mol. The fraction of sp³-hybridized carbons (Fsp3) is 0.667. The zero-order chi connectivity index (χ0) is 13.9. The van der Waals surface area contributed by atoms with Crippen molar-refractivity contribution < 1.29 is 24.2 Å². The summed E-state index contributed by atoms with van der Waals surface area (Å²) in [7, 11) is 2.50. The van der Waals surface area contributed by atoms with Crippen LogP contribution in [0.1, 0.15) is 20.3 Å². The van der Waals surface area contributed by atoms with Crippen LogP contribution >= 0.6 is 0 Å². The molecule has 1 heterocycles. The van der Waals surface area contributed by atoms with E-state index >= 15 is 0 Å². The van der Waals surface area contributed by atoms with Crippen molar-refractivity contribution in [3.63, 3.8) is 0 Å². The Morgan fingerprint density at radius 3 is 2.39 bits per heavy atom. The van der Waals surface area contributed by atoms with Crippen molar-refractivity contribution in [3.8, 4) is 0 Å². The van der Waals surface area contributed by atoms with E-state index < -0.39 is 23.7 Å². The standard InChI is InChI=1S/C12H19NO5/c1-12(2,16)8-5-6-13(11(15)18-4)9(7-8)10(14)17-3/h5-6,8-9,16H,7H2,1-4H3/t8-,9+/m1/s1. The number of carbonyl (C=O) groups is 2. The van der Waals surface area contributed by atoms with Gasteiger partial charge in [0.25, 0.3) is 0 Å². The first-order chi connectivity index (χ1) is 8.31. The molecule has 1 rings (SSSR count). The zero-order valence-corrected chi connectivity index (χ0v) is 11.0. The van der Waals surface area contributed by atoms with Crippen LogP contribution in [0.5, 0.6) is 0 Å². The maximum absolute atomic E-state index is 11.7. The third kappa shape index (κ3) is 3.01. The predicted octanol–water partition coefficient (Wildman–Crippen LogP) is 0.901. The number of hydrogen-bond acceptors (Lipinski definition) is 5. The van der Waals surface area contributed by atoms with Crippen LogP contribution in [0.25, 0.3) is 0 Å². The summed E-state index contributed by atoms with van der Waals surface area (Å²) in [6.45, 7) is 3.31. The summed E-state index contributed by atoms with van der Waals surface area (Å²) < 4.78 is 9.27. The largest absolute Gasteiger partial charge is 0.467 e. The Hall–Kier alpha value is -1.56. The predicted molar refractivity (Wildman–Crippen MR) is 63.6 cm³/mol. The van der Waals surface area contributed by atoms with Gasteiger partial charge >= 0.3 is 12.1 Å². The molecule has 0 aliphatic carbocycles. The average Bonchev–Trinajstić information content (AvgIpc) is 2.35. The number of amides is 1. The molecule has 102 valence electrons. The molecule has 0 bridgehead atoms. The molecule has 1 N–H and O–H groups in total. The van der Waals surface area contributed by atoms with Crippen molar-refractivity contribution in [3.05, 3.63) is 12.3 Å². The number of esters is 1. The van der Waals surface area contributed by atoms with E-state index in [1.54, 1.807) is 19.9 Å². The van der Waals surface area contributed by atoms with Gasteiger partial charge in [0.1, 0.15) is 6.04 Å². The molecule has 0 aromatic rings. The van der Waals surface area contributed by atoms with Crippen molar-refractivity contribution in [1.82, 2.24) is 4.90 Å². The molecule has 0 unspecified atom stereocenters. The third-order valence-electron chi connectivity index (χ3n) is 3.06. The number of ether oxygens (including phenoxy) is 2. The van der Waals surface area contributed by atoms with Gasteiger partial charge in [-0.2, -0.15) is 0 Å². The summed E-state index contributed by atoms with van der Waals surface area (Å²) in [5.74, 6) is -0.762. The second-order valence-electron chi connectivity index (χ2n) is 4.75. The van der Waals surface area contributed by atoms with Crippen molar-refractivity contribution in [1.29, 1.82) is 0 Å². The normalized spacial score (nSPS) is 23.7. The summed E-state index contributed by atoms with van der Waals surface area (Å²) in [6, 6.07) is -0.774. The van der Waals surface area contributed by atoms with Crippen molar-refractivity contribution in [2.45, 2.75) is 31.9 Å². The second kappa shape index (κ2) is 5.39. The van der Waals surface area contributed by atoms with E-state index in [-0.39, 0.29) is 5.92 Å². The molecule has 18 heavy (non-hydrogen) atoms. The Kier molecular flexibility index (Phi) is 4.34. The minimum Gasteiger partial charge on any atom is -0.467 e. The SMILES string of the molecule is COC(=O)[C@@H]1C[C@H](C(C)(C)O)C=CN1C(=O)OC. The van der Waals surface area contributed by atoms with Crippen LogP contribution < -0.4 is 0 Å². The number of methoxy groups -OCH3 is 2. The van der Waals surface area contributed by atoms with Gasteiger partial charge < -0.3 is 14.6 Å². The van der Waals surface area contributed by atoms with Gasteiger partial charge in [0.05, 0.1) is 19.8 Å². The summed E-state index contributed by atoms with van der Waals surface area (Å²) >= 11 is 0. The number of aliphatic hydroxyl groups is 1. The first kappa shape index (κ1) is 14.5. The number of hydrogen-bond donors (Lipinski definition) is 1. The molecule has 1 aliphatic heterocycles. The highest BCUT2D eigenvalue weighted by Crippen LogP contribution is 2.29. The van der Waals surface area contributed by atoms with Crippen molar-refractivity contribution in [2.75, 3.05) is 14.2 Å². The second-order valence-corrected chi connectivity index (χ2v) is 4.75. The molecule has 0 spiro atoms. The van der Waals surface area contributed by atoms with Crippen LogP contribution in [-0.4, -0.2) is 47.9 Å². The number of rotatable bonds is 2. The van der Waals surface area contributed by atoms with E-state index in [4.69, 9.17) is 0 Å². The van der Waals surface area contributed by atoms with Crippen LogP contribution in [0.15, 0.2) is 12.3 Å². The summed E-state index contributed by atoms with van der Waals surface area (Å²) in [6.07, 6.45) is 2.81. The minimum atomic E-state index is -0.967. The molecule has 2 atom stereocenters. The van der Waals surface area contributed by atoms with Crippen LogP contribution in [0.2, 0.25) is 0 Å². The Morgan fingerprint density at radius 2 is 1.94 bits per heavy atom. The van der Waals surface area contributed by atoms with Crippen LogP contribution in [0.4, 0.5) is 4.79 Å². The molecule has 0 fully saturated rings. The Morgan fingerprint density at radius 1 is 1.33 bits per heavy atom. The molecule has 6 nitrogen and oxygen atoms in total. The lowest BCUT2D eigenvalue weighted by molar-refractivity contribution is -0.147. The fourth-order valence-corrected chi connectivity index (χ4v) is 1.90. The molecular formula is C12H19NO5. The molecule has 0 saturated heterocycles. The lowest BCUT2D eigenvalue weighted by Gasteiger charge is -2.36. The number of nitrogens with zero attached hydrogens (tertiary/aromatic N) is 1. The highest BCUT2D eigenvalue weighted by Gasteiger charge is 2.39. The van der Waals surface area contributed by atoms with Crippen LogP contribution in [0.3, 0.4) is 0 Å². The molecule has 6 heteroatoms. The topological polar surface area (TPSA) is 76.1 Å². The first-order valence-corrected chi connectivity index (χ1v) is 5.66. The van der Waals surface area contributed by atoms with Gasteiger partial charge in [-0.3, -0.25) is 4.90 Å². The quantitative estimate of drug-likeness (QED) is 0.744. The Balaban J connectivity index is 2.98. The summed E-state index contributed by atoms with van der Waals surface area (Å²) in [5, 5.41) is 9.96. The molecule has 0 aromatic heterocycles. The van der Waals surface area contributed by atoms with Crippen molar-refractivity contribution >= 4 is 12.1 Å². The van der Waals surface area contributed by atoms with E-state index in [0.29, 0.717) is 6.42 Å². The smallest absolute Gasteiger partial charge is 0.414 e. The monoisotopic (exact) mass is 257 g/mol. The highest BCUT2D eigenvalue weighted by atomic mass is 16.5. The molecule has 0 aromatic carbocycles. The van der Waals surface area contributed by atoms with E-state index in [2.05, 4.69) is 9.47 Å². The lowest BCUT2D eigenvalue weighted by Crippen LogP contribution is -2.48. The number of carbonyl (C=O) groups excluding carboxylic acids is 2. The maximum atomic E-state index is 11.7. The van der Waals surface area contributed by atoms with Gasteiger partial charge in [-0.1, -0.05) is 6.08 Å². The van der Waals surface area contributed by atoms with E-state index in [1.807, 2.05) is 0 Å². The summed E-state index contributed by atoms with van der Waals surface area (Å²) in [4.78, 5) is 24.4. The Bertz CT molecular complexity index is 358. The Labute approximate surface area is 106 Å². The summed E-state index contributed by atoms with van der Waals surface area (Å²) in [5.41, 5.74) is -0.967. The van der Waals surface area contributed by atoms with Crippen LogP contribution in [0, 0.1) is 5.92 Å². The molecule has 1 aliphatic rings. The van der Waals surface area contributed by atoms with Gasteiger partial charge in [0.15, 0.2) is 0 Å². The van der Waals surface area contributed by atoms with Gasteiger partial charge in [0, 0.05) is 12.1 Å². The van der Waals surface area contributed by atoms with E-state index in [9.17, 15) is 14.7 Å². The molecule has 0 radical (unpaired) electrons. The highest BCUT2D eigenvalue weighted by molar-refractivity contribution is 5.82. The maximum Gasteiger partial charge on any atom is 0.414 e. The van der Waals surface area contributed by atoms with Gasteiger partial charge in [-0.25, -0.2) is 9.59 Å². The molecular weight excluding hydrogens is 238 g/mol. The van der Waals surface area contributed by atoms with E-state index in [0.717, 1.165) is 0 Å². The zero-order valence-electron chi connectivity index (χ0n) is 11.0. The van der Waals surface area contributed by atoms with Gasteiger partial charge in [-0.15, -0.1) is 0 Å². The van der Waals surface area contributed by atoms with Crippen LogP contribution in [-0.2, 0) is 14.3 Å². The van der Waals surface area contributed by atoms with Gasteiger partial charge in [-0.05, 0) is 20.3 Å². The molecule has 1 amide bonds. The van der Waals surface area contributed by atoms with Gasteiger partial charge in [0.2, 0.25) is 0 Å². The first-order valence-electron chi connectivity index (χ1n) is 5.66. The molecule has 0 saturated carbocycles. The fourth-order valence-electron chi connectivity index (χ4n) is 1.90. The third-order valence-corrected chi connectivity index (χ3v) is 3.06. The van der Waals surface area contributed by atoms with E-state index in [1.165, 1.54) is 25.3 Å². The minimum absolute atomic E-state index is 0.234. The van der Waals surface area contributed by atoms with Crippen molar-refractivity contribution in [2.24, 2.45) is 5.92 Å².